The number of carbonyl (C=O) groups excluding carboxylic acids is 2. The maximum atomic E-state index is 13.4. The predicted octanol–water partition coefficient (Wildman–Crippen LogP) is 5.23. The van der Waals surface area contributed by atoms with E-state index in [1.54, 1.807) is 11.0 Å². The topological polar surface area (TPSA) is 58.6 Å². The van der Waals surface area contributed by atoms with Crippen LogP contribution in [0.25, 0.3) is 0 Å². The van der Waals surface area contributed by atoms with Crippen molar-refractivity contribution in [3.05, 3.63) is 90.0 Å². The van der Waals surface area contributed by atoms with Crippen LogP contribution in [0.1, 0.15) is 37.8 Å². The molecule has 0 radical (unpaired) electrons. The van der Waals surface area contributed by atoms with E-state index in [1.807, 2.05) is 93.6 Å². The Labute approximate surface area is 189 Å². The van der Waals surface area contributed by atoms with E-state index in [0.29, 0.717) is 18.0 Å². The molecule has 0 atom stereocenters. The number of rotatable bonds is 5. The highest BCUT2D eigenvalue weighted by atomic mass is 16.5. The maximum Gasteiger partial charge on any atom is 0.236 e. The van der Waals surface area contributed by atoms with Crippen molar-refractivity contribution < 1.29 is 14.3 Å². The van der Waals surface area contributed by atoms with Crippen LogP contribution in [0.5, 0.6) is 5.75 Å². The Morgan fingerprint density at radius 2 is 1.59 bits per heavy atom. The number of nitrogens with one attached hydrogen (secondary N) is 1. The summed E-state index contributed by atoms with van der Waals surface area (Å²) >= 11 is 0. The molecular formula is C27H28N2O3. The lowest BCUT2D eigenvalue weighted by molar-refractivity contribution is -0.127. The van der Waals surface area contributed by atoms with Gasteiger partial charge in [-0.05, 0) is 44.0 Å². The monoisotopic (exact) mass is 428 g/mol. The molecule has 0 saturated heterocycles. The SMILES string of the molecule is CCN1C(=O)C(C)(C)COc2cc(NC(=O)C(c3ccccc3)c3ccccc3)ccc21. The third kappa shape index (κ3) is 4.24. The van der Waals surface area contributed by atoms with Gasteiger partial charge < -0.3 is 15.0 Å². The van der Waals surface area contributed by atoms with E-state index in [1.165, 1.54) is 0 Å². The minimum Gasteiger partial charge on any atom is -0.490 e. The number of amides is 2. The summed E-state index contributed by atoms with van der Waals surface area (Å²) in [5.41, 5.74) is 2.58. The zero-order valence-corrected chi connectivity index (χ0v) is 18.7. The first-order valence-electron chi connectivity index (χ1n) is 10.9. The number of nitrogens with zero attached hydrogens (tertiary/aromatic N) is 1. The summed E-state index contributed by atoms with van der Waals surface area (Å²) in [6, 6.07) is 24.9. The number of carbonyl (C=O) groups is 2. The molecule has 3 aromatic carbocycles. The van der Waals surface area contributed by atoms with E-state index in [9.17, 15) is 9.59 Å². The number of benzene rings is 3. The van der Waals surface area contributed by atoms with Gasteiger partial charge in [0.1, 0.15) is 12.4 Å². The molecule has 0 saturated carbocycles. The van der Waals surface area contributed by atoms with Gasteiger partial charge in [-0.1, -0.05) is 60.7 Å². The minimum absolute atomic E-state index is 0.0313. The molecule has 1 aliphatic heterocycles. The first-order chi connectivity index (χ1) is 15.4. The van der Waals surface area contributed by atoms with Crippen LogP contribution in [-0.2, 0) is 9.59 Å². The Bertz CT molecular complexity index is 1070. The molecule has 0 aromatic heterocycles. The zero-order valence-electron chi connectivity index (χ0n) is 18.7. The van der Waals surface area contributed by atoms with E-state index in [2.05, 4.69) is 5.32 Å². The molecule has 1 aliphatic rings. The third-order valence-electron chi connectivity index (χ3n) is 5.77. The molecule has 0 aliphatic carbocycles. The van der Waals surface area contributed by atoms with Crippen molar-refractivity contribution in [2.75, 3.05) is 23.4 Å². The van der Waals surface area contributed by atoms with Crippen molar-refractivity contribution in [3.63, 3.8) is 0 Å². The van der Waals surface area contributed by atoms with Gasteiger partial charge in [0.2, 0.25) is 11.8 Å². The first-order valence-corrected chi connectivity index (χ1v) is 10.9. The lowest BCUT2D eigenvalue weighted by atomic mass is 9.90. The molecule has 0 spiro atoms. The van der Waals surface area contributed by atoms with Gasteiger partial charge in [-0.2, -0.15) is 0 Å². The summed E-state index contributed by atoms with van der Waals surface area (Å²) in [7, 11) is 0. The minimum atomic E-state index is -0.621. The molecule has 32 heavy (non-hydrogen) atoms. The fraction of sp³-hybridized carbons (Fsp3) is 0.259. The van der Waals surface area contributed by atoms with Crippen LogP contribution in [0.3, 0.4) is 0 Å². The number of hydrogen-bond acceptors (Lipinski definition) is 3. The van der Waals surface area contributed by atoms with Gasteiger partial charge in [-0.3, -0.25) is 9.59 Å². The Morgan fingerprint density at radius 1 is 1.00 bits per heavy atom. The van der Waals surface area contributed by atoms with Crippen molar-refractivity contribution >= 4 is 23.2 Å². The first kappa shape index (κ1) is 21.6. The van der Waals surface area contributed by atoms with Crippen molar-refractivity contribution in [3.8, 4) is 5.75 Å². The normalized spacial score (nSPS) is 15.0. The van der Waals surface area contributed by atoms with E-state index in [-0.39, 0.29) is 18.4 Å². The molecule has 1 heterocycles. The van der Waals surface area contributed by atoms with Crippen LogP contribution in [0, 0.1) is 5.41 Å². The molecule has 0 unspecified atom stereocenters. The molecular weight excluding hydrogens is 400 g/mol. The van der Waals surface area contributed by atoms with E-state index < -0.39 is 11.3 Å². The lowest BCUT2D eigenvalue weighted by Gasteiger charge is -2.26. The van der Waals surface area contributed by atoms with Crippen LogP contribution in [0.15, 0.2) is 78.9 Å². The molecule has 5 heteroatoms. The fourth-order valence-corrected chi connectivity index (χ4v) is 4.04. The molecule has 2 amide bonds. The van der Waals surface area contributed by atoms with Crippen LogP contribution in [0.2, 0.25) is 0 Å². The van der Waals surface area contributed by atoms with Gasteiger partial charge in [-0.25, -0.2) is 0 Å². The van der Waals surface area contributed by atoms with Crippen LogP contribution in [0.4, 0.5) is 11.4 Å². The highest BCUT2D eigenvalue weighted by Gasteiger charge is 2.37. The van der Waals surface area contributed by atoms with E-state index >= 15 is 0 Å². The number of fused-ring (bicyclic) bond motifs is 1. The van der Waals surface area contributed by atoms with Crippen molar-refractivity contribution in [2.24, 2.45) is 5.41 Å². The summed E-state index contributed by atoms with van der Waals surface area (Å²) in [4.78, 5) is 28.1. The molecule has 4 rings (SSSR count). The summed E-state index contributed by atoms with van der Waals surface area (Å²) in [6.07, 6.45) is 0. The molecule has 5 nitrogen and oxygen atoms in total. The van der Waals surface area contributed by atoms with E-state index in [0.717, 1.165) is 16.8 Å². The fourth-order valence-electron chi connectivity index (χ4n) is 4.04. The van der Waals surface area contributed by atoms with Gasteiger partial charge in [0, 0.05) is 18.3 Å². The lowest BCUT2D eigenvalue weighted by Crippen LogP contribution is -2.42. The Kier molecular flexibility index (Phi) is 5.99. The van der Waals surface area contributed by atoms with Gasteiger partial charge in [0.15, 0.2) is 0 Å². The van der Waals surface area contributed by atoms with Crippen LogP contribution >= 0.6 is 0 Å². The Hall–Kier alpha value is -3.60. The van der Waals surface area contributed by atoms with Crippen molar-refractivity contribution in [1.29, 1.82) is 0 Å². The van der Waals surface area contributed by atoms with Crippen molar-refractivity contribution in [2.45, 2.75) is 26.7 Å². The number of hydrogen-bond donors (Lipinski definition) is 1. The van der Waals surface area contributed by atoms with Crippen molar-refractivity contribution in [1.82, 2.24) is 0 Å². The maximum absolute atomic E-state index is 13.4. The molecule has 3 aromatic rings. The van der Waals surface area contributed by atoms with Crippen LogP contribution < -0.4 is 15.0 Å². The van der Waals surface area contributed by atoms with Gasteiger partial charge in [0.25, 0.3) is 0 Å². The summed E-state index contributed by atoms with van der Waals surface area (Å²) in [5.74, 6) is 0.0628. The van der Waals surface area contributed by atoms with E-state index in [4.69, 9.17) is 4.74 Å². The zero-order chi connectivity index (χ0) is 22.7. The number of ether oxygens (including phenoxy) is 1. The van der Waals surface area contributed by atoms with Crippen LogP contribution in [-0.4, -0.2) is 25.0 Å². The highest BCUT2D eigenvalue weighted by molar-refractivity contribution is 6.01. The second-order valence-electron chi connectivity index (χ2n) is 8.65. The van der Waals surface area contributed by atoms with Gasteiger partial charge in [0.05, 0.1) is 17.0 Å². The largest absolute Gasteiger partial charge is 0.490 e. The second kappa shape index (κ2) is 8.87. The van der Waals surface area contributed by atoms with Gasteiger partial charge >= 0.3 is 0 Å². The average molecular weight is 429 g/mol. The average Bonchev–Trinajstić information content (AvgIpc) is 2.89. The van der Waals surface area contributed by atoms with Gasteiger partial charge in [-0.15, -0.1) is 0 Å². The Balaban J connectivity index is 1.65. The quantitative estimate of drug-likeness (QED) is 0.605. The Morgan fingerprint density at radius 3 is 2.16 bits per heavy atom. The second-order valence-corrected chi connectivity index (χ2v) is 8.65. The molecule has 0 fully saturated rings. The molecule has 1 N–H and O–H groups in total. The summed E-state index contributed by atoms with van der Waals surface area (Å²) in [5, 5.41) is 3.05. The highest BCUT2D eigenvalue weighted by Crippen LogP contribution is 2.38. The molecule has 0 bridgehead atoms. The standard InChI is InChI=1S/C27H28N2O3/c1-4-29-22-16-15-21(17-23(22)32-18-27(2,3)26(29)31)28-25(30)24(19-11-7-5-8-12-19)20-13-9-6-10-14-20/h5-17,24H,4,18H2,1-3H3,(H,28,30). The molecule has 164 valence electrons. The summed E-state index contributed by atoms with van der Waals surface area (Å²) in [6.45, 7) is 6.55. The smallest absolute Gasteiger partial charge is 0.236 e. The summed E-state index contributed by atoms with van der Waals surface area (Å²) < 4.78 is 6.00. The number of anilines is 2. The third-order valence-corrected chi connectivity index (χ3v) is 5.77. The predicted molar refractivity (Wildman–Crippen MR) is 127 cm³/mol.